The minimum Gasteiger partial charge on any atom is -0.487 e. The van der Waals surface area contributed by atoms with Gasteiger partial charge in [0.25, 0.3) is 5.91 Å². The zero-order valence-electron chi connectivity index (χ0n) is 15.8. The van der Waals surface area contributed by atoms with Gasteiger partial charge in [-0.05, 0) is 60.7 Å². The average Bonchev–Trinajstić information content (AvgIpc) is 3.07. The van der Waals surface area contributed by atoms with Crippen LogP contribution in [0, 0.1) is 6.92 Å². The summed E-state index contributed by atoms with van der Waals surface area (Å²) >= 11 is 1.32. The highest BCUT2D eigenvalue weighted by molar-refractivity contribution is 8.18. The van der Waals surface area contributed by atoms with Crippen LogP contribution in [0.25, 0.3) is 6.08 Å². The van der Waals surface area contributed by atoms with Crippen molar-refractivity contribution >= 4 is 34.6 Å². The second kappa shape index (κ2) is 8.75. The summed E-state index contributed by atoms with van der Waals surface area (Å²) in [5.74, 6) is 0.532. The Kier molecular flexibility index (Phi) is 5.72. The van der Waals surface area contributed by atoms with E-state index >= 15 is 0 Å². The quantitative estimate of drug-likeness (QED) is 0.620. The number of aliphatic imine (C=N–C) groups is 1. The first-order valence-electron chi connectivity index (χ1n) is 9.15. The number of amidine groups is 1. The van der Waals surface area contributed by atoms with Crippen molar-refractivity contribution in [1.29, 1.82) is 0 Å². The third-order valence-corrected chi connectivity index (χ3v) is 5.10. The number of nitrogens with one attached hydrogen (secondary N) is 1. The molecule has 0 spiro atoms. The van der Waals surface area contributed by atoms with Gasteiger partial charge in [-0.15, -0.1) is 0 Å². The fraction of sp³-hybridized carbons (Fsp3) is 0.0870. The molecule has 0 radical (unpaired) electrons. The normalized spacial score (nSPS) is 16.2. The van der Waals surface area contributed by atoms with Crippen LogP contribution < -0.4 is 10.1 Å². The summed E-state index contributed by atoms with van der Waals surface area (Å²) in [7, 11) is 0. The molecule has 0 saturated carbocycles. The highest BCUT2D eigenvalue weighted by atomic mass is 32.2. The first-order chi connectivity index (χ1) is 14.2. The number of nitrogens with zero attached hydrogens (tertiary/aromatic N) is 2. The Morgan fingerprint density at radius 3 is 2.79 bits per heavy atom. The highest BCUT2D eigenvalue weighted by Gasteiger charge is 2.24. The number of pyridine rings is 1. The van der Waals surface area contributed by atoms with Crippen LogP contribution in [0.3, 0.4) is 0 Å². The van der Waals surface area contributed by atoms with Gasteiger partial charge in [0.2, 0.25) is 0 Å². The van der Waals surface area contributed by atoms with Crippen molar-refractivity contribution in [2.75, 3.05) is 0 Å². The number of amides is 1. The summed E-state index contributed by atoms with van der Waals surface area (Å²) in [6.45, 7) is 2.37. The van der Waals surface area contributed by atoms with E-state index in [9.17, 15) is 4.79 Å². The molecule has 1 saturated heterocycles. The number of rotatable bonds is 5. The number of carbonyl (C=O) groups excluding carboxylic acids is 1. The number of aryl methyl sites for hydroxylation is 1. The summed E-state index contributed by atoms with van der Waals surface area (Å²) in [6.07, 6.45) is 3.56. The number of hydrogen-bond acceptors (Lipinski definition) is 5. The van der Waals surface area contributed by atoms with Gasteiger partial charge in [-0.1, -0.05) is 36.4 Å². The van der Waals surface area contributed by atoms with Gasteiger partial charge in [0.1, 0.15) is 12.4 Å². The molecule has 2 aromatic carbocycles. The van der Waals surface area contributed by atoms with Crippen LogP contribution in [0.15, 0.2) is 82.8 Å². The second-order valence-electron chi connectivity index (χ2n) is 6.47. The number of para-hydroxylation sites is 1. The van der Waals surface area contributed by atoms with E-state index in [1.807, 2.05) is 79.7 Å². The maximum Gasteiger partial charge on any atom is 0.264 e. The summed E-state index contributed by atoms with van der Waals surface area (Å²) in [4.78, 5) is 21.8. The number of benzene rings is 2. The Morgan fingerprint density at radius 2 is 1.97 bits per heavy atom. The standard InChI is InChI=1S/C23H19N3O2S/c1-16-7-6-10-18(13-16)25-23-26-22(27)21(29-23)14-17-8-2-3-11-20(17)28-15-19-9-4-5-12-24-19/h2-14H,15H2,1H3,(H,25,26,27)/b21-14+. The van der Waals surface area contributed by atoms with Crippen molar-refractivity contribution in [3.8, 4) is 5.75 Å². The van der Waals surface area contributed by atoms with Crippen molar-refractivity contribution in [2.24, 2.45) is 4.99 Å². The van der Waals surface area contributed by atoms with Gasteiger partial charge in [0, 0.05) is 11.8 Å². The van der Waals surface area contributed by atoms with Gasteiger partial charge in [0.05, 0.1) is 16.3 Å². The molecule has 29 heavy (non-hydrogen) atoms. The molecule has 2 heterocycles. The molecular weight excluding hydrogens is 382 g/mol. The van der Waals surface area contributed by atoms with Crippen molar-refractivity contribution in [2.45, 2.75) is 13.5 Å². The molecular formula is C23H19N3O2S. The Labute approximate surface area is 173 Å². The molecule has 5 nitrogen and oxygen atoms in total. The second-order valence-corrected chi connectivity index (χ2v) is 7.50. The Bertz CT molecular complexity index is 1090. The molecule has 1 aliphatic rings. The third kappa shape index (κ3) is 4.92. The average molecular weight is 401 g/mol. The van der Waals surface area contributed by atoms with E-state index < -0.39 is 0 Å². The summed E-state index contributed by atoms with van der Waals surface area (Å²) in [5.41, 5.74) is 3.61. The van der Waals surface area contributed by atoms with Gasteiger partial charge in [-0.2, -0.15) is 0 Å². The van der Waals surface area contributed by atoms with E-state index in [4.69, 9.17) is 4.74 Å². The predicted molar refractivity (Wildman–Crippen MR) is 117 cm³/mol. The van der Waals surface area contributed by atoms with E-state index in [2.05, 4.69) is 15.3 Å². The topological polar surface area (TPSA) is 63.6 Å². The molecule has 0 bridgehead atoms. The van der Waals surface area contributed by atoms with Crippen LogP contribution in [0.2, 0.25) is 0 Å². The van der Waals surface area contributed by atoms with Gasteiger partial charge in [-0.3, -0.25) is 9.78 Å². The first-order valence-corrected chi connectivity index (χ1v) is 9.97. The molecule has 0 unspecified atom stereocenters. The van der Waals surface area contributed by atoms with Gasteiger partial charge >= 0.3 is 0 Å². The number of ether oxygens (including phenoxy) is 1. The van der Waals surface area contributed by atoms with Gasteiger partial charge < -0.3 is 10.1 Å². The van der Waals surface area contributed by atoms with Crippen LogP contribution in [-0.2, 0) is 11.4 Å². The zero-order chi connectivity index (χ0) is 20.1. The molecule has 3 aromatic rings. The summed E-state index contributed by atoms with van der Waals surface area (Å²) < 4.78 is 5.93. The zero-order valence-corrected chi connectivity index (χ0v) is 16.6. The summed E-state index contributed by atoms with van der Waals surface area (Å²) in [5, 5.41) is 3.39. The molecule has 1 amide bonds. The van der Waals surface area contributed by atoms with Gasteiger partial charge in [-0.25, -0.2) is 4.99 Å². The lowest BCUT2D eigenvalue weighted by atomic mass is 10.2. The van der Waals surface area contributed by atoms with E-state index in [1.165, 1.54) is 11.8 Å². The molecule has 1 aliphatic heterocycles. The third-order valence-electron chi connectivity index (χ3n) is 4.19. The molecule has 6 heteroatoms. The molecule has 144 valence electrons. The smallest absolute Gasteiger partial charge is 0.264 e. The van der Waals surface area contributed by atoms with Crippen LogP contribution in [-0.4, -0.2) is 16.1 Å². The number of carbonyl (C=O) groups is 1. The molecule has 1 fully saturated rings. The fourth-order valence-electron chi connectivity index (χ4n) is 2.80. The molecule has 0 atom stereocenters. The van der Waals surface area contributed by atoms with E-state index in [1.54, 1.807) is 6.20 Å². The lowest BCUT2D eigenvalue weighted by molar-refractivity contribution is -0.115. The Hall–Kier alpha value is -3.38. The van der Waals surface area contributed by atoms with E-state index in [0.29, 0.717) is 22.4 Å². The highest BCUT2D eigenvalue weighted by Crippen LogP contribution is 2.31. The predicted octanol–water partition coefficient (Wildman–Crippen LogP) is 4.86. The Morgan fingerprint density at radius 1 is 1.10 bits per heavy atom. The Balaban J connectivity index is 1.53. The monoisotopic (exact) mass is 401 g/mol. The maximum absolute atomic E-state index is 12.4. The largest absolute Gasteiger partial charge is 0.487 e. The summed E-state index contributed by atoms with van der Waals surface area (Å²) in [6, 6.07) is 21.2. The van der Waals surface area contributed by atoms with Crippen molar-refractivity contribution < 1.29 is 9.53 Å². The molecule has 1 aromatic heterocycles. The minimum atomic E-state index is -0.166. The number of thioether (sulfide) groups is 1. The van der Waals surface area contributed by atoms with Crippen molar-refractivity contribution in [3.63, 3.8) is 0 Å². The van der Waals surface area contributed by atoms with E-state index in [0.717, 1.165) is 22.5 Å². The molecule has 1 N–H and O–H groups in total. The van der Waals surface area contributed by atoms with Crippen molar-refractivity contribution in [3.05, 3.63) is 94.7 Å². The number of aromatic nitrogens is 1. The maximum atomic E-state index is 12.4. The van der Waals surface area contributed by atoms with Crippen LogP contribution in [0.1, 0.15) is 16.8 Å². The lowest BCUT2D eigenvalue weighted by Gasteiger charge is -2.09. The van der Waals surface area contributed by atoms with Gasteiger partial charge in [0.15, 0.2) is 5.17 Å². The van der Waals surface area contributed by atoms with E-state index in [-0.39, 0.29) is 5.91 Å². The van der Waals surface area contributed by atoms with Crippen LogP contribution >= 0.6 is 11.8 Å². The molecule has 0 aliphatic carbocycles. The fourth-order valence-corrected chi connectivity index (χ4v) is 3.64. The molecule has 4 rings (SSSR count). The minimum absolute atomic E-state index is 0.166. The SMILES string of the molecule is Cc1cccc(N=C2NC(=O)/C(=C\c3ccccc3OCc3ccccn3)S2)c1. The van der Waals surface area contributed by atoms with Crippen LogP contribution in [0.4, 0.5) is 5.69 Å². The number of hydrogen-bond donors (Lipinski definition) is 1. The van der Waals surface area contributed by atoms with Crippen molar-refractivity contribution in [1.82, 2.24) is 10.3 Å². The first kappa shape index (κ1) is 19.0. The lowest BCUT2D eigenvalue weighted by Crippen LogP contribution is -2.19. The van der Waals surface area contributed by atoms with Crippen LogP contribution in [0.5, 0.6) is 5.75 Å².